The predicted molar refractivity (Wildman–Crippen MR) is 43.4 cm³/mol. The van der Waals surface area contributed by atoms with Crippen molar-refractivity contribution in [2.45, 2.75) is 36.7 Å². The number of rotatable bonds is 1. The topological polar surface area (TPSA) is 72.7 Å². The lowest BCUT2D eigenvalue weighted by molar-refractivity contribution is 0.00993. The molecule has 2 unspecified atom stereocenters. The van der Waals surface area contributed by atoms with Crippen molar-refractivity contribution in [2.75, 3.05) is 0 Å². The Kier molecular flexibility index (Phi) is 2.77. The van der Waals surface area contributed by atoms with Crippen LogP contribution in [0.15, 0.2) is 0 Å². The monoisotopic (exact) mass is 179 g/mol. The molecular formula is C6H13NO3S. The zero-order valence-corrected chi connectivity index (χ0v) is 7.07. The molecule has 0 aromatic rings. The van der Waals surface area contributed by atoms with Gasteiger partial charge in [-0.25, -0.2) is 0 Å². The molecule has 0 bridgehead atoms. The molecule has 1 rings (SSSR count). The molecule has 0 spiro atoms. The maximum atomic E-state index is 9.28. The smallest absolute Gasteiger partial charge is 0.106 e. The van der Waals surface area contributed by atoms with Gasteiger partial charge < -0.3 is 15.3 Å². The molecule has 1 heterocycles. The molecule has 4 N–H and O–H groups in total. The summed E-state index contributed by atoms with van der Waals surface area (Å²) in [5.41, 5.74) is 0. The molecular weight excluding hydrogens is 166 g/mol. The van der Waals surface area contributed by atoms with Crippen molar-refractivity contribution in [1.82, 2.24) is 5.32 Å². The summed E-state index contributed by atoms with van der Waals surface area (Å²) in [6.45, 7) is 1.55. The van der Waals surface area contributed by atoms with Crippen molar-refractivity contribution in [3.8, 4) is 0 Å². The minimum atomic E-state index is -0.933. The number of aliphatic hydroxyl groups is 3. The van der Waals surface area contributed by atoms with Gasteiger partial charge in [-0.3, -0.25) is 5.32 Å². The van der Waals surface area contributed by atoms with Gasteiger partial charge >= 0.3 is 0 Å². The van der Waals surface area contributed by atoms with Crippen LogP contribution in [0, 0.1) is 0 Å². The molecule has 66 valence electrons. The van der Waals surface area contributed by atoms with Crippen LogP contribution < -0.4 is 5.32 Å². The third-order valence-corrected chi connectivity index (χ3v) is 2.38. The van der Waals surface area contributed by atoms with Gasteiger partial charge in [-0.15, -0.1) is 0 Å². The van der Waals surface area contributed by atoms with Gasteiger partial charge in [0.15, 0.2) is 0 Å². The average Bonchev–Trinajstić information content (AvgIpc) is 2.17. The molecule has 0 radical (unpaired) electrons. The molecule has 1 aliphatic heterocycles. The van der Waals surface area contributed by atoms with E-state index in [2.05, 4.69) is 17.9 Å². The summed E-state index contributed by atoms with van der Waals surface area (Å²) in [4.78, 5) is 0. The highest BCUT2D eigenvalue weighted by molar-refractivity contribution is 7.81. The van der Waals surface area contributed by atoms with Crippen LogP contribution in [0.25, 0.3) is 0 Å². The first-order valence-corrected chi connectivity index (χ1v) is 4.04. The van der Waals surface area contributed by atoms with Gasteiger partial charge in [-0.2, -0.15) is 12.6 Å². The standard InChI is InChI=1S/C6H13NO3S/c1-2(8)3-4(9)5(10)6(11)7-3/h2-11H,1H3/t2?,3-,4-,5-,6?/m1/s1. The molecule has 1 saturated heterocycles. The number of hydrogen-bond acceptors (Lipinski definition) is 5. The lowest BCUT2D eigenvalue weighted by Gasteiger charge is -2.17. The molecule has 0 saturated carbocycles. The highest BCUT2D eigenvalue weighted by Gasteiger charge is 2.41. The number of hydrogen-bond donors (Lipinski definition) is 5. The van der Waals surface area contributed by atoms with Crippen LogP contribution in [0.4, 0.5) is 0 Å². The summed E-state index contributed by atoms with van der Waals surface area (Å²) in [5.74, 6) is 0. The second-order valence-corrected chi connectivity index (χ2v) is 3.42. The molecule has 0 aromatic heterocycles. The minimum absolute atomic E-state index is 0.454. The van der Waals surface area contributed by atoms with Crippen molar-refractivity contribution in [1.29, 1.82) is 0 Å². The molecule has 1 fully saturated rings. The van der Waals surface area contributed by atoms with E-state index in [1.807, 2.05) is 0 Å². The molecule has 5 heteroatoms. The number of aliphatic hydroxyl groups excluding tert-OH is 3. The van der Waals surface area contributed by atoms with Crippen LogP contribution in [0.2, 0.25) is 0 Å². The fourth-order valence-electron chi connectivity index (χ4n) is 1.22. The first-order chi connectivity index (χ1) is 5.04. The van der Waals surface area contributed by atoms with E-state index in [0.29, 0.717) is 0 Å². The van der Waals surface area contributed by atoms with Gasteiger partial charge in [0.25, 0.3) is 0 Å². The highest BCUT2D eigenvalue weighted by atomic mass is 32.1. The Morgan fingerprint density at radius 2 is 1.91 bits per heavy atom. The van der Waals surface area contributed by atoms with Gasteiger partial charge in [0.2, 0.25) is 0 Å². The Balaban J connectivity index is 2.59. The highest BCUT2D eigenvalue weighted by Crippen LogP contribution is 2.18. The first kappa shape index (κ1) is 9.28. The molecule has 1 aliphatic rings. The van der Waals surface area contributed by atoms with E-state index in [-0.39, 0.29) is 0 Å². The van der Waals surface area contributed by atoms with Crippen LogP contribution in [0.3, 0.4) is 0 Å². The van der Waals surface area contributed by atoms with Gasteiger partial charge in [0.1, 0.15) is 12.2 Å². The molecule has 4 nitrogen and oxygen atoms in total. The predicted octanol–water partition coefficient (Wildman–Crippen LogP) is -1.68. The lowest BCUT2D eigenvalue weighted by Crippen LogP contribution is -2.41. The Morgan fingerprint density at radius 1 is 1.36 bits per heavy atom. The summed E-state index contributed by atoms with van der Waals surface area (Å²) in [5, 5.41) is 29.9. The van der Waals surface area contributed by atoms with Crippen molar-refractivity contribution >= 4 is 12.6 Å². The van der Waals surface area contributed by atoms with Crippen molar-refractivity contribution in [3.63, 3.8) is 0 Å². The van der Waals surface area contributed by atoms with Crippen LogP contribution in [0.1, 0.15) is 6.92 Å². The van der Waals surface area contributed by atoms with E-state index in [1.54, 1.807) is 6.92 Å². The van der Waals surface area contributed by atoms with Crippen LogP contribution >= 0.6 is 12.6 Å². The van der Waals surface area contributed by atoms with Crippen molar-refractivity contribution in [2.24, 2.45) is 0 Å². The molecule has 0 amide bonds. The van der Waals surface area contributed by atoms with Crippen molar-refractivity contribution < 1.29 is 15.3 Å². The van der Waals surface area contributed by atoms with Crippen LogP contribution in [0.5, 0.6) is 0 Å². The molecule has 11 heavy (non-hydrogen) atoms. The second-order valence-electron chi connectivity index (χ2n) is 2.86. The maximum absolute atomic E-state index is 9.28. The van der Waals surface area contributed by atoms with Gasteiger partial charge in [-0.05, 0) is 6.92 Å². The summed E-state index contributed by atoms with van der Waals surface area (Å²) in [7, 11) is 0. The third kappa shape index (κ3) is 1.68. The van der Waals surface area contributed by atoms with E-state index < -0.39 is 29.7 Å². The molecule has 0 aromatic carbocycles. The Labute approximate surface area is 70.6 Å². The molecule has 5 atom stereocenters. The number of thiol groups is 1. The first-order valence-electron chi connectivity index (χ1n) is 3.52. The van der Waals surface area contributed by atoms with E-state index in [0.717, 1.165) is 0 Å². The van der Waals surface area contributed by atoms with E-state index in [4.69, 9.17) is 5.11 Å². The lowest BCUT2D eigenvalue weighted by atomic mass is 10.1. The van der Waals surface area contributed by atoms with Crippen molar-refractivity contribution in [3.05, 3.63) is 0 Å². The zero-order chi connectivity index (χ0) is 8.59. The second kappa shape index (κ2) is 3.28. The quantitative estimate of drug-likeness (QED) is 0.312. The largest absolute Gasteiger partial charge is 0.392 e. The van der Waals surface area contributed by atoms with Gasteiger partial charge in [-0.1, -0.05) is 0 Å². The van der Waals surface area contributed by atoms with Crippen LogP contribution in [-0.4, -0.2) is 45.0 Å². The van der Waals surface area contributed by atoms with Crippen LogP contribution in [-0.2, 0) is 0 Å². The normalized spacial score (nSPS) is 47.7. The van der Waals surface area contributed by atoms with E-state index in [1.165, 1.54) is 0 Å². The van der Waals surface area contributed by atoms with E-state index >= 15 is 0 Å². The van der Waals surface area contributed by atoms with Gasteiger partial charge in [0.05, 0.1) is 17.5 Å². The van der Waals surface area contributed by atoms with E-state index in [9.17, 15) is 10.2 Å². The third-order valence-electron chi connectivity index (χ3n) is 1.92. The van der Waals surface area contributed by atoms with Gasteiger partial charge in [0, 0.05) is 0 Å². The molecule has 0 aliphatic carbocycles. The summed E-state index contributed by atoms with van der Waals surface area (Å²) >= 11 is 3.97. The summed E-state index contributed by atoms with van der Waals surface area (Å²) in [6, 6.07) is -0.479. The fourth-order valence-corrected chi connectivity index (χ4v) is 1.57. The fraction of sp³-hybridized carbons (Fsp3) is 1.00. The Hall–Kier alpha value is 0.190. The average molecular weight is 179 g/mol. The summed E-state index contributed by atoms with van der Waals surface area (Å²) < 4.78 is 0. The Bertz CT molecular complexity index is 144. The number of nitrogens with one attached hydrogen (secondary N) is 1. The maximum Gasteiger partial charge on any atom is 0.106 e. The SMILES string of the molecule is CC(O)[C@H]1NC(S)[C@H](O)[C@@H]1O. The minimum Gasteiger partial charge on any atom is -0.392 e. The summed E-state index contributed by atoms with van der Waals surface area (Å²) in [6.07, 6.45) is -2.52. The Morgan fingerprint density at radius 3 is 2.09 bits per heavy atom. The zero-order valence-electron chi connectivity index (χ0n) is 6.18.